The van der Waals surface area contributed by atoms with Crippen molar-refractivity contribution < 1.29 is 28.6 Å². The molecule has 0 aromatic rings. The Balaban J connectivity index is 4.38. The highest BCUT2D eigenvalue weighted by Crippen LogP contribution is 2.14. The van der Waals surface area contributed by atoms with E-state index in [1.165, 1.54) is 89.9 Å². The third-order valence-corrected chi connectivity index (χ3v) is 12.0. The molecule has 0 fully saturated rings. The van der Waals surface area contributed by atoms with Gasteiger partial charge in [-0.2, -0.15) is 0 Å². The third kappa shape index (κ3) is 56.6. The fourth-order valence-corrected chi connectivity index (χ4v) is 7.61. The molecule has 0 heterocycles. The number of unbranched alkanes of at least 4 members (excludes halogenated alkanes) is 20. The molecule has 0 saturated heterocycles. The zero-order chi connectivity index (χ0) is 51.4. The molecular weight excluding hydrogens is 877 g/mol. The van der Waals surface area contributed by atoms with Gasteiger partial charge in [0.25, 0.3) is 0 Å². The molecule has 0 aliphatic rings. The van der Waals surface area contributed by atoms with Gasteiger partial charge in [-0.15, -0.1) is 0 Å². The van der Waals surface area contributed by atoms with E-state index >= 15 is 0 Å². The van der Waals surface area contributed by atoms with Crippen LogP contribution in [0.1, 0.15) is 252 Å². The Morgan fingerprint density at radius 3 is 0.930 bits per heavy atom. The number of rotatable bonds is 51. The lowest BCUT2D eigenvalue weighted by molar-refractivity contribution is -0.167. The van der Waals surface area contributed by atoms with Gasteiger partial charge in [-0.25, -0.2) is 0 Å². The average molecular weight is 984 g/mol. The quantitative estimate of drug-likeness (QED) is 0.0261. The second kappa shape index (κ2) is 58.4. The van der Waals surface area contributed by atoms with Gasteiger partial charge in [0.1, 0.15) is 13.2 Å². The van der Waals surface area contributed by atoms with Gasteiger partial charge in [0.15, 0.2) is 6.10 Å². The summed E-state index contributed by atoms with van der Waals surface area (Å²) in [5.74, 6) is -0.975. The van der Waals surface area contributed by atoms with Crippen LogP contribution >= 0.6 is 0 Å². The molecule has 0 amide bonds. The van der Waals surface area contributed by atoms with E-state index in [0.717, 1.165) is 116 Å². The van der Waals surface area contributed by atoms with Crippen LogP contribution in [0.25, 0.3) is 0 Å². The fraction of sp³-hybridized carbons (Fsp3) is 0.646. The van der Waals surface area contributed by atoms with E-state index in [4.69, 9.17) is 14.2 Å². The van der Waals surface area contributed by atoms with E-state index in [1.54, 1.807) is 0 Å². The van der Waals surface area contributed by atoms with Crippen LogP contribution in [0.4, 0.5) is 0 Å². The lowest BCUT2D eigenvalue weighted by Gasteiger charge is -2.18. The molecule has 0 aliphatic carbocycles. The molecule has 0 radical (unpaired) electrons. The number of hydrogen-bond acceptors (Lipinski definition) is 6. The number of ether oxygens (including phenoxy) is 3. The lowest BCUT2D eigenvalue weighted by Crippen LogP contribution is -2.30. The molecule has 0 bridgehead atoms. The van der Waals surface area contributed by atoms with Crippen LogP contribution < -0.4 is 0 Å². The van der Waals surface area contributed by atoms with Crippen LogP contribution in [0.3, 0.4) is 0 Å². The van der Waals surface area contributed by atoms with Crippen LogP contribution in [0.2, 0.25) is 0 Å². The van der Waals surface area contributed by atoms with E-state index < -0.39 is 6.10 Å². The number of carbonyl (C=O) groups is 3. The Morgan fingerprint density at radius 1 is 0.296 bits per heavy atom. The van der Waals surface area contributed by atoms with Crippen molar-refractivity contribution in [2.45, 2.75) is 258 Å². The average Bonchev–Trinajstić information content (AvgIpc) is 3.37. The van der Waals surface area contributed by atoms with Crippen molar-refractivity contribution in [1.82, 2.24) is 0 Å². The second-order valence-electron chi connectivity index (χ2n) is 18.8. The summed E-state index contributed by atoms with van der Waals surface area (Å²) in [5, 5.41) is 0. The van der Waals surface area contributed by atoms with Crippen LogP contribution in [0.15, 0.2) is 122 Å². The van der Waals surface area contributed by atoms with E-state index in [2.05, 4.69) is 142 Å². The minimum Gasteiger partial charge on any atom is -0.462 e. The van der Waals surface area contributed by atoms with E-state index in [1.807, 2.05) is 0 Å². The summed E-state index contributed by atoms with van der Waals surface area (Å²) in [5.41, 5.74) is 0. The van der Waals surface area contributed by atoms with Crippen molar-refractivity contribution in [2.24, 2.45) is 0 Å². The maximum atomic E-state index is 12.8. The molecule has 1 atom stereocenters. The lowest BCUT2D eigenvalue weighted by atomic mass is 10.1. The van der Waals surface area contributed by atoms with Gasteiger partial charge in [0.05, 0.1) is 0 Å². The fourth-order valence-electron chi connectivity index (χ4n) is 7.61. The Bertz CT molecular complexity index is 1500. The summed E-state index contributed by atoms with van der Waals surface area (Å²) in [6.07, 6.45) is 80.6. The molecule has 0 aromatic heterocycles. The molecule has 6 heteroatoms. The predicted octanol–water partition coefficient (Wildman–Crippen LogP) is 19.6. The minimum absolute atomic E-state index is 0.0998. The molecule has 0 spiro atoms. The van der Waals surface area contributed by atoms with Crippen LogP contribution in [0, 0.1) is 0 Å². The monoisotopic (exact) mass is 983 g/mol. The first-order chi connectivity index (χ1) is 35.0. The van der Waals surface area contributed by atoms with Crippen molar-refractivity contribution in [2.75, 3.05) is 13.2 Å². The maximum absolute atomic E-state index is 12.8. The molecule has 0 rings (SSSR count). The second-order valence-corrected chi connectivity index (χ2v) is 18.8. The van der Waals surface area contributed by atoms with E-state index in [-0.39, 0.29) is 37.5 Å². The number of carbonyl (C=O) groups excluding carboxylic acids is 3. The van der Waals surface area contributed by atoms with Gasteiger partial charge < -0.3 is 14.2 Å². The number of allylic oxidation sites excluding steroid dienone is 20. The van der Waals surface area contributed by atoms with Gasteiger partial charge in [0, 0.05) is 19.3 Å². The normalized spacial score (nSPS) is 13.0. The van der Waals surface area contributed by atoms with Crippen LogP contribution in [-0.2, 0) is 28.6 Å². The summed E-state index contributed by atoms with van der Waals surface area (Å²) >= 11 is 0. The molecule has 71 heavy (non-hydrogen) atoms. The Morgan fingerprint density at radius 2 is 0.563 bits per heavy atom. The minimum atomic E-state index is -0.806. The van der Waals surface area contributed by atoms with Gasteiger partial charge in [0.2, 0.25) is 0 Å². The zero-order valence-corrected chi connectivity index (χ0v) is 45.9. The first kappa shape index (κ1) is 66.8. The van der Waals surface area contributed by atoms with Crippen LogP contribution in [0.5, 0.6) is 0 Å². The molecular formula is C65H106O6. The molecule has 0 saturated carbocycles. The molecule has 0 aromatic carbocycles. The third-order valence-electron chi connectivity index (χ3n) is 12.0. The maximum Gasteiger partial charge on any atom is 0.306 e. The molecule has 0 aliphatic heterocycles. The first-order valence-corrected chi connectivity index (χ1v) is 29.0. The van der Waals surface area contributed by atoms with Crippen molar-refractivity contribution >= 4 is 17.9 Å². The van der Waals surface area contributed by atoms with Crippen molar-refractivity contribution in [3.8, 4) is 0 Å². The summed E-state index contributed by atoms with van der Waals surface area (Å²) in [6, 6.07) is 0. The highest BCUT2D eigenvalue weighted by molar-refractivity contribution is 5.71. The van der Waals surface area contributed by atoms with Gasteiger partial charge in [-0.1, -0.05) is 245 Å². The highest BCUT2D eigenvalue weighted by atomic mass is 16.6. The predicted molar refractivity (Wildman–Crippen MR) is 306 cm³/mol. The Hall–Kier alpha value is -4.19. The Kier molecular flexibility index (Phi) is 54.9. The van der Waals surface area contributed by atoms with Gasteiger partial charge in [-0.3, -0.25) is 14.4 Å². The van der Waals surface area contributed by atoms with E-state index in [9.17, 15) is 14.4 Å². The topological polar surface area (TPSA) is 78.9 Å². The van der Waals surface area contributed by atoms with Gasteiger partial charge in [-0.05, 0) is 109 Å². The zero-order valence-electron chi connectivity index (χ0n) is 45.9. The summed E-state index contributed by atoms with van der Waals surface area (Å²) in [6.45, 7) is 6.44. The number of esters is 3. The SMILES string of the molecule is CC/C=C\C/C=C\C/C=C\C/C=C\C/C=C\C/C=C\C/C=C\C/C=C\C/C=C\CCCC(=O)OCC(COC(=O)CCCCCCCCCCCC)OC(=O)CCCCCCC/C=C\CCCCCCC. The molecule has 1 unspecified atom stereocenters. The number of hydrogen-bond donors (Lipinski definition) is 0. The highest BCUT2D eigenvalue weighted by Gasteiger charge is 2.19. The van der Waals surface area contributed by atoms with Gasteiger partial charge >= 0.3 is 17.9 Å². The molecule has 0 N–H and O–H groups in total. The summed E-state index contributed by atoms with van der Waals surface area (Å²) in [7, 11) is 0. The van der Waals surface area contributed by atoms with Crippen molar-refractivity contribution in [1.29, 1.82) is 0 Å². The van der Waals surface area contributed by atoms with Crippen molar-refractivity contribution in [3.63, 3.8) is 0 Å². The Labute approximate surface area is 437 Å². The molecule has 6 nitrogen and oxygen atoms in total. The standard InChI is InChI=1S/C65H106O6/c1-4-7-10-13-16-19-22-24-26-27-28-29-30-31-32-33-34-35-36-37-38-39-40-42-43-46-49-52-55-58-64(67)70-61-62(60-69-63(66)57-54-51-48-45-21-18-15-12-9-6-3)71-65(68)59-56-53-50-47-44-41-25-23-20-17-14-11-8-5-2/h7,10,16,19,23-26,28-29,31-32,34-35,37-38,40,42,46,49,62H,4-6,8-9,11-15,17-18,20-22,27,30,33,36,39,41,43-45,47-48,50-61H2,1-3H3/b10-7-,19-16-,25-23-,26-24-,29-28-,32-31-,35-34-,38-37-,42-40-,49-46-. The summed E-state index contributed by atoms with van der Waals surface area (Å²) < 4.78 is 16.8. The smallest absolute Gasteiger partial charge is 0.306 e. The van der Waals surface area contributed by atoms with Crippen molar-refractivity contribution in [3.05, 3.63) is 122 Å². The van der Waals surface area contributed by atoms with E-state index in [0.29, 0.717) is 19.3 Å². The molecule has 402 valence electrons. The first-order valence-electron chi connectivity index (χ1n) is 29.0. The largest absolute Gasteiger partial charge is 0.462 e. The van der Waals surface area contributed by atoms with Crippen LogP contribution in [-0.4, -0.2) is 37.2 Å². The summed E-state index contributed by atoms with van der Waals surface area (Å²) in [4.78, 5) is 38.0.